The zero-order chi connectivity index (χ0) is 12.1. The highest BCUT2D eigenvalue weighted by Gasteiger charge is 2.07. The van der Waals surface area contributed by atoms with Gasteiger partial charge in [0.25, 0.3) is 0 Å². The molecular formula is C11H15ClN2O2. The lowest BCUT2D eigenvalue weighted by Gasteiger charge is -2.10. The molecule has 0 bridgehead atoms. The molecule has 1 aromatic rings. The molecule has 1 amide bonds. The van der Waals surface area contributed by atoms with Crippen LogP contribution in [-0.4, -0.2) is 12.7 Å². The predicted octanol–water partition coefficient (Wildman–Crippen LogP) is 3.13. The van der Waals surface area contributed by atoms with E-state index in [4.69, 9.17) is 22.1 Å². The lowest BCUT2D eigenvalue weighted by molar-refractivity contribution is 0.147. The van der Waals surface area contributed by atoms with E-state index in [1.54, 1.807) is 18.2 Å². The summed E-state index contributed by atoms with van der Waals surface area (Å²) in [5, 5.41) is 2.96. The fourth-order valence-corrected chi connectivity index (χ4v) is 1.19. The fraction of sp³-hybridized carbons (Fsp3) is 0.364. The number of nitrogen functional groups attached to an aromatic ring is 1. The highest BCUT2D eigenvalue weighted by atomic mass is 35.5. The molecule has 16 heavy (non-hydrogen) atoms. The third-order valence-corrected chi connectivity index (χ3v) is 2.10. The Kier molecular flexibility index (Phi) is 4.43. The number of nitrogens with two attached hydrogens (primary N) is 1. The van der Waals surface area contributed by atoms with Crippen molar-refractivity contribution >= 4 is 29.1 Å². The van der Waals surface area contributed by atoms with E-state index in [2.05, 4.69) is 5.32 Å². The van der Waals surface area contributed by atoms with Crippen molar-refractivity contribution in [3.63, 3.8) is 0 Å². The maximum Gasteiger partial charge on any atom is 0.411 e. The van der Waals surface area contributed by atoms with Crippen LogP contribution in [0.5, 0.6) is 0 Å². The summed E-state index contributed by atoms with van der Waals surface area (Å²) in [6.45, 7) is 4.29. The summed E-state index contributed by atoms with van der Waals surface area (Å²) < 4.78 is 4.95. The maximum atomic E-state index is 11.3. The van der Waals surface area contributed by atoms with E-state index in [1.165, 1.54) is 0 Å². The number of benzene rings is 1. The minimum atomic E-state index is -0.527. The number of halogens is 1. The Morgan fingerprint density at radius 3 is 2.88 bits per heavy atom. The second-order valence-corrected chi connectivity index (χ2v) is 4.26. The lowest BCUT2D eigenvalue weighted by Crippen LogP contribution is -2.16. The van der Waals surface area contributed by atoms with Gasteiger partial charge in [0, 0.05) is 5.69 Å². The van der Waals surface area contributed by atoms with Gasteiger partial charge in [0.2, 0.25) is 0 Å². The van der Waals surface area contributed by atoms with Crippen molar-refractivity contribution < 1.29 is 9.53 Å². The Morgan fingerprint density at radius 1 is 1.56 bits per heavy atom. The average Bonchev–Trinajstić information content (AvgIpc) is 2.20. The summed E-state index contributed by atoms with van der Waals surface area (Å²) in [6, 6.07) is 4.86. The fourth-order valence-electron chi connectivity index (χ4n) is 1.03. The van der Waals surface area contributed by atoms with Gasteiger partial charge in [0.1, 0.15) is 0 Å². The van der Waals surface area contributed by atoms with Crippen LogP contribution in [0.2, 0.25) is 5.02 Å². The number of carbonyl (C=O) groups is 1. The number of nitrogens with one attached hydrogen (secondary N) is 1. The number of anilines is 2. The number of ether oxygens (including phenoxy) is 1. The Labute approximate surface area is 99.7 Å². The standard InChI is InChI=1S/C11H15ClN2O2/c1-7(2)6-16-11(15)14-10-5-8(13)3-4-9(10)12/h3-5,7H,6,13H2,1-2H3,(H,14,15). The first-order valence-corrected chi connectivity index (χ1v) is 5.35. The lowest BCUT2D eigenvalue weighted by atomic mass is 10.2. The normalized spacial score (nSPS) is 10.2. The van der Waals surface area contributed by atoms with Crippen LogP contribution in [0.25, 0.3) is 0 Å². The topological polar surface area (TPSA) is 64.3 Å². The largest absolute Gasteiger partial charge is 0.449 e. The first-order valence-electron chi connectivity index (χ1n) is 4.98. The van der Waals surface area contributed by atoms with Gasteiger partial charge in [-0.2, -0.15) is 0 Å². The zero-order valence-corrected chi connectivity index (χ0v) is 10.0. The molecule has 0 spiro atoms. The van der Waals surface area contributed by atoms with E-state index in [9.17, 15) is 4.79 Å². The van der Waals surface area contributed by atoms with Crippen molar-refractivity contribution in [3.05, 3.63) is 23.2 Å². The van der Waals surface area contributed by atoms with E-state index in [0.717, 1.165) is 0 Å². The quantitative estimate of drug-likeness (QED) is 0.801. The van der Waals surface area contributed by atoms with Crippen molar-refractivity contribution in [2.75, 3.05) is 17.7 Å². The first kappa shape index (κ1) is 12.6. The van der Waals surface area contributed by atoms with Crippen LogP contribution in [0, 0.1) is 5.92 Å². The van der Waals surface area contributed by atoms with Crippen LogP contribution >= 0.6 is 11.6 Å². The minimum absolute atomic E-state index is 0.294. The van der Waals surface area contributed by atoms with E-state index in [1.807, 2.05) is 13.8 Å². The Hall–Kier alpha value is -1.42. The van der Waals surface area contributed by atoms with Crippen LogP contribution in [0.1, 0.15) is 13.8 Å². The molecule has 0 fully saturated rings. The zero-order valence-electron chi connectivity index (χ0n) is 9.29. The van der Waals surface area contributed by atoms with E-state index >= 15 is 0 Å². The molecule has 0 saturated heterocycles. The van der Waals surface area contributed by atoms with Crippen molar-refractivity contribution in [3.8, 4) is 0 Å². The Bertz CT molecular complexity index is 380. The van der Waals surface area contributed by atoms with Gasteiger partial charge < -0.3 is 10.5 Å². The molecule has 1 rings (SSSR count). The van der Waals surface area contributed by atoms with Gasteiger partial charge in [-0.1, -0.05) is 25.4 Å². The summed E-state index contributed by atoms with van der Waals surface area (Å²) in [5.41, 5.74) is 6.56. The van der Waals surface area contributed by atoms with Crippen molar-refractivity contribution in [1.82, 2.24) is 0 Å². The highest BCUT2D eigenvalue weighted by molar-refractivity contribution is 6.33. The van der Waals surface area contributed by atoms with Crippen LogP contribution < -0.4 is 11.1 Å². The van der Waals surface area contributed by atoms with Gasteiger partial charge >= 0.3 is 6.09 Å². The number of hydrogen-bond acceptors (Lipinski definition) is 3. The summed E-state index contributed by atoms with van der Waals surface area (Å²) in [7, 11) is 0. The SMILES string of the molecule is CC(C)COC(=O)Nc1cc(N)ccc1Cl. The number of carbonyl (C=O) groups excluding carboxylic acids is 1. The minimum Gasteiger partial charge on any atom is -0.449 e. The smallest absolute Gasteiger partial charge is 0.411 e. The predicted molar refractivity (Wildman–Crippen MR) is 65.7 cm³/mol. The maximum absolute atomic E-state index is 11.3. The molecule has 1 aromatic carbocycles. The van der Waals surface area contributed by atoms with Gasteiger partial charge in [-0.25, -0.2) is 4.79 Å². The molecule has 4 nitrogen and oxygen atoms in total. The molecule has 5 heteroatoms. The molecule has 0 aliphatic heterocycles. The summed E-state index contributed by atoms with van der Waals surface area (Å²) in [6.07, 6.45) is -0.527. The van der Waals surface area contributed by atoms with Crippen molar-refractivity contribution in [1.29, 1.82) is 0 Å². The first-order chi connectivity index (χ1) is 7.49. The second-order valence-electron chi connectivity index (χ2n) is 3.86. The van der Waals surface area contributed by atoms with Gasteiger partial charge in [-0.15, -0.1) is 0 Å². The highest BCUT2D eigenvalue weighted by Crippen LogP contribution is 2.24. The molecule has 0 heterocycles. The molecular weight excluding hydrogens is 228 g/mol. The van der Waals surface area contributed by atoms with Gasteiger partial charge in [0.05, 0.1) is 17.3 Å². The van der Waals surface area contributed by atoms with Crippen LogP contribution in [-0.2, 0) is 4.74 Å². The third-order valence-electron chi connectivity index (χ3n) is 1.77. The number of rotatable bonds is 3. The van der Waals surface area contributed by atoms with Crippen molar-refractivity contribution in [2.45, 2.75) is 13.8 Å². The average molecular weight is 243 g/mol. The molecule has 88 valence electrons. The molecule has 0 aliphatic carbocycles. The Balaban J connectivity index is 2.59. The van der Waals surface area contributed by atoms with E-state index in [-0.39, 0.29) is 0 Å². The molecule has 0 unspecified atom stereocenters. The number of amides is 1. The van der Waals surface area contributed by atoms with Gasteiger partial charge in [0.15, 0.2) is 0 Å². The molecule has 0 aliphatic rings. The van der Waals surface area contributed by atoms with E-state index < -0.39 is 6.09 Å². The van der Waals surface area contributed by atoms with Gasteiger partial charge in [-0.05, 0) is 24.1 Å². The third kappa shape index (κ3) is 3.98. The van der Waals surface area contributed by atoms with Gasteiger partial charge in [-0.3, -0.25) is 5.32 Å². The van der Waals surface area contributed by atoms with E-state index in [0.29, 0.717) is 28.9 Å². The van der Waals surface area contributed by atoms with Crippen LogP contribution in [0.3, 0.4) is 0 Å². The van der Waals surface area contributed by atoms with Crippen LogP contribution in [0.15, 0.2) is 18.2 Å². The Morgan fingerprint density at radius 2 is 2.25 bits per heavy atom. The van der Waals surface area contributed by atoms with Crippen molar-refractivity contribution in [2.24, 2.45) is 5.92 Å². The summed E-state index contributed by atoms with van der Waals surface area (Å²) >= 11 is 5.88. The summed E-state index contributed by atoms with van der Waals surface area (Å²) in [5.74, 6) is 0.294. The summed E-state index contributed by atoms with van der Waals surface area (Å²) in [4.78, 5) is 11.3. The number of hydrogen-bond donors (Lipinski definition) is 2. The molecule has 0 aromatic heterocycles. The van der Waals surface area contributed by atoms with Crippen LogP contribution in [0.4, 0.5) is 16.2 Å². The molecule has 0 atom stereocenters. The molecule has 0 saturated carbocycles. The molecule has 3 N–H and O–H groups in total. The molecule has 0 radical (unpaired) electrons. The monoisotopic (exact) mass is 242 g/mol. The second kappa shape index (κ2) is 5.61.